The Hall–Kier alpha value is -0.970. The molecular formula is C12H10N2Na2O7. The number of carbonyl (C=O) groups excluding carboxylic acids is 1. The van der Waals surface area contributed by atoms with Crippen molar-refractivity contribution in [2.45, 2.75) is 18.9 Å². The van der Waals surface area contributed by atoms with Crippen LogP contribution in [0.25, 0.3) is 0 Å². The summed E-state index contributed by atoms with van der Waals surface area (Å²) in [6, 6.07) is 2.94. The Morgan fingerprint density at radius 2 is 1.70 bits per heavy atom. The van der Waals surface area contributed by atoms with Crippen molar-refractivity contribution in [2.75, 3.05) is 0 Å². The molecule has 0 saturated carbocycles. The number of non-ortho nitro benzene ring substituents is 1. The molecule has 112 valence electrons. The normalized spacial score (nSPS) is 11.6. The van der Waals surface area contributed by atoms with E-state index in [0.717, 1.165) is 24.3 Å². The van der Waals surface area contributed by atoms with Crippen LogP contribution in [0.4, 0.5) is 5.69 Å². The number of rotatable bonds is 7. The molecule has 0 amide bonds. The number of aliphatic carboxylic acids is 2. The van der Waals surface area contributed by atoms with Gasteiger partial charge in [0.25, 0.3) is 5.69 Å². The molecule has 0 saturated heterocycles. The van der Waals surface area contributed by atoms with Crippen molar-refractivity contribution >= 4 is 23.5 Å². The zero-order chi connectivity index (χ0) is 16.0. The molecule has 9 nitrogen and oxygen atoms in total. The van der Waals surface area contributed by atoms with Gasteiger partial charge in [0.15, 0.2) is 0 Å². The van der Waals surface area contributed by atoms with Gasteiger partial charge in [-0.15, -0.1) is 0 Å². The summed E-state index contributed by atoms with van der Waals surface area (Å²) in [6.45, 7) is 0. The molecule has 1 aromatic rings. The largest absolute Gasteiger partial charge is 1.00 e. The SMILES string of the molecule is O=C([O-])CC[C@H](N=C([O-])c1ccc([N+](=O)[O-])cc1)C(=O)O.[Na+].[Na+]. The molecule has 0 aliphatic heterocycles. The fraction of sp³-hybridized carbons (Fsp3) is 0.250. The standard InChI is InChI=1S/C12H12N2O7.2Na/c15-10(16)6-5-9(12(18)19)13-11(17)7-1-3-8(4-2-7)14(20)21;;/h1-4,9H,5-6H2,(H,13,17)(H,15,16)(H,18,19);;/q;2*+1/p-2/t9-;;/m0../s1. The van der Waals surface area contributed by atoms with Crippen molar-refractivity contribution in [1.29, 1.82) is 0 Å². The predicted molar refractivity (Wildman–Crippen MR) is 65.3 cm³/mol. The van der Waals surface area contributed by atoms with Gasteiger partial charge >= 0.3 is 65.1 Å². The third-order valence-electron chi connectivity index (χ3n) is 2.51. The summed E-state index contributed by atoms with van der Waals surface area (Å²) >= 11 is 0. The molecule has 0 aromatic heterocycles. The van der Waals surface area contributed by atoms with Crippen molar-refractivity contribution in [2.24, 2.45) is 4.99 Å². The second-order valence-electron chi connectivity index (χ2n) is 4.00. The molecule has 0 bridgehead atoms. The quantitative estimate of drug-likeness (QED) is 0.170. The van der Waals surface area contributed by atoms with E-state index in [-0.39, 0.29) is 76.8 Å². The number of hydrogen-bond acceptors (Lipinski definition) is 7. The first-order valence-corrected chi connectivity index (χ1v) is 5.73. The first-order chi connectivity index (χ1) is 9.81. The zero-order valence-electron chi connectivity index (χ0n) is 12.6. The summed E-state index contributed by atoms with van der Waals surface area (Å²) in [7, 11) is 0. The minimum absolute atomic E-state index is 0. The Morgan fingerprint density at radius 3 is 2.09 bits per heavy atom. The molecule has 11 heteroatoms. The Morgan fingerprint density at radius 1 is 1.17 bits per heavy atom. The molecule has 0 aliphatic carbocycles. The van der Waals surface area contributed by atoms with Gasteiger partial charge in [-0.1, -0.05) is 0 Å². The fourth-order valence-electron chi connectivity index (χ4n) is 1.44. The van der Waals surface area contributed by atoms with E-state index >= 15 is 0 Å². The molecule has 0 fully saturated rings. The first-order valence-electron chi connectivity index (χ1n) is 5.73. The number of hydrogen-bond donors (Lipinski definition) is 1. The molecule has 1 rings (SSSR count). The molecule has 0 unspecified atom stereocenters. The van der Waals surface area contributed by atoms with Crippen molar-refractivity contribution in [3.05, 3.63) is 39.9 Å². The van der Waals surface area contributed by atoms with Gasteiger partial charge < -0.3 is 20.1 Å². The smallest absolute Gasteiger partial charge is 0.858 e. The summed E-state index contributed by atoms with van der Waals surface area (Å²) in [6.07, 6.45) is -0.926. The fourth-order valence-corrected chi connectivity index (χ4v) is 1.44. The van der Waals surface area contributed by atoms with Crippen LogP contribution in [-0.4, -0.2) is 33.9 Å². The maximum atomic E-state index is 11.7. The van der Waals surface area contributed by atoms with Crippen molar-refractivity contribution in [1.82, 2.24) is 0 Å². The molecular weight excluding hydrogens is 330 g/mol. The number of nitrogens with zero attached hydrogens (tertiary/aromatic N) is 2. The number of carboxylic acids is 2. The first kappa shape index (κ1) is 24.3. The number of nitro benzene ring substituents is 1. The molecule has 23 heavy (non-hydrogen) atoms. The van der Waals surface area contributed by atoms with E-state index in [1.165, 1.54) is 0 Å². The molecule has 1 atom stereocenters. The van der Waals surface area contributed by atoms with Crippen LogP contribution in [-0.2, 0) is 9.59 Å². The average molecular weight is 340 g/mol. The van der Waals surface area contributed by atoms with Crippen LogP contribution in [0.15, 0.2) is 29.3 Å². The van der Waals surface area contributed by atoms with Gasteiger partial charge in [-0.25, -0.2) is 4.79 Å². The van der Waals surface area contributed by atoms with Gasteiger partial charge in [0.1, 0.15) is 6.04 Å². The van der Waals surface area contributed by atoms with Gasteiger partial charge in [0.05, 0.1) is 4.92 Å². The zero-order valence-corrected chi connectivity index (χ0v) is 16.6. The van der Waals surface area contributed by atoms with Crippen LogP contribution in [0.2, 0.25) is 0 Å². The van der Waals surface area contributed by atoms with Crippen LogP contribution < -0.4 is 69.3 Å². The Bertz CT molecular complexity index is 590. The topological polar surface area (TPSA) is 156 Å². The monoisotopic (exact) mass is 340 g/mol. The minimum atomic E-state index is -1.51. The number of carboxylic acid groups (broad SMARTS) is 2. The van der Waals surface area contributed by atoms with E-state index in [0.29, 0.717) is 0 Å². The van der Waals surface area contributed by atoms with Crippen molar-refractivity contribution in [3.63, 3.8) is 0 Å². The maximum Gasteiger partial charge on any atom is 1.00 e. The van der Waals surface area contributed by atoms with Gasteiger partial charge in [0, 0.05) is 18.1 Å². The van der Waals surface area contributed by atoms with Gasteiger partial charge in [-0.05, 0) is 36.4 Å². The van der Waals surface area contributed by atoms with Crippen LogP contribution in [0, 0.1) is 10.1 Å². The van der Waals surface area contributed by atoms with Gasteiger partial charge in [-0.3, -0.25) is 15.1 Å². The maximum absolute atomic E-state index is 11.7. The van der Waals surface area contributed by atoms with Crippen LogP contribution in [0.3, 0.4) is 0 Å². The second kappa shape index (κ2) is 11.5. The van der Waals surface area contributed by atoms with E-state index in [1.54, 1.807) is 0 Å². The number of carbonyl (C=O) groups is 2. The molecule has 0 aliphatic rings. The number of benzene rings is 1. The van der Waals surface area contributed by atoms with E-state index in [4.69, 9.17) is 5.11 Å². The Labute approximate surface area is 175 Å². The van der Waals surface area contributed by atoms with Crippen LogP contribution in [0.5, 0.6) is 0 Å². The van der Waals surface area contributed by atoms with E-state index in [9.17, 15) is 29.9 Å². The Kier molecular flexibility index (Phi) is 12.2. The predicted octanol–water partition coefficient (Wildman–Crippen LogP) is -7.31. The summed E-state index contributed by atoms with van der Waals surface area (Å²) < 4.78 is 0. The van der Waals surface area contributed by atoms with Crippen LogP contribution >= 0.6 is 0 Å². The molecule has 1 aromatic carbocycles. The third-order valence-corrected chi connectivity index (χ3v) is 2.51. The summed E-state index contributed by atoms with van der Waals surface area (Å²) in [5.41, 5.74) is -0.251. The second-order valence-corrected chi connectivity index (χ2v) is 4.00. The van der Waals surface area contributed by atoms with Gasteiger partial charge in [0.2, 0.25) is 0 Å². The van der Waals surface area contributed by atoms with Crippen molar-refractivity contribution < 1.29 is 88.9 Å². The molecule has 0 spiro atoms. The van der Waals surface area contributed by atoms with E-state index in [1.807, 2.05) is 0 Å². The summed E-state index contributed by atoms with van der Waals surface area (Å²) in [4.78, 5) is 34.4. The number of aliphatic imine (C=N–C) groups is 1. The molecule has 1 N–H and O–H groups in total. The van der Waals surface area contributed by atoms with Crippen molar-refractivity contribution in [3.8, 4) is 0 Å². The van der Waals surface area contributed by atoms with Crippen LogP contribution in [0.1, 0.15) is 18.4 Å². The molecule has 0 radical (unpaired) electrons. The summed E-state index contributed by atoms with van der Waals surface area (Å²) in [5.74, 6) is -3.78. The average Bonchev–Trinajstić information content (AvgIpc) is 2.42. The third kappa shape index (κ3) is 8.45. The van der Waals surface area contributed by atoms with E-state index < -0.39 is 35.2 Å². The van der Waals surface area contributed by atoms with E-state index in [2.05, 4.69) is 4.99 Å². The van der Waals surface area contributed by atoms with Gasteiger partial charge in [-0.2, -0.15) is 0 Å². The summed E-state index contributed by atoms with van der Waals surface area (Å²) in [5, 5.41) is 41.3. The molecule has 0 heterocycles. The minimum Gasteiger partial charge on any atom is -0.858 e. The number of nitro groups is 1. The Balaban J connectivity index is 0.